The fourth-order valence-electron chi connectivity index (χ4n) is 6.07. The molecule has 1 N–H and O–H groups in total. The van der Waals surface area contributed by atoms with E-state index in [4.69, 9.17) is 4.74 Å². The number of hydrogen-bond acceptors (Lipinski definition) is 6. The van der Waals surface area contributed by atoms with E-state index in [0.29, 0.717) is 35.7 Å². The minimum Gasteiger partial charge on any atom is -0.493 e. The number of carbonyl (C=O) groups is 1. The van der Waals surface area contributed by atoms with Gasteiger partial charge in [-0.1, -0.05) is 12.1 Å². The second kappa shape index (κ2) is 12.2. The molecule has 43 heavy (non-hydrogen) atoms. The third-order valence-corrected chi connectivity index (χ3v) is 8.40. The first-order valence-electron chi connectivity index (χ1n) is 14.3. The number of halogens is 4. The number of anilines is 1. The van der Waals surface area contributed by atoms with Crippen molar-refractivity contribution >= 4 is 11.6 Å². The number of pyridine rings is 1. The average Bonchev–Trinajstić information content (AvgIpc) is 3.41. The number of rotatable bonds is 7. The summed E-state index contributed by atoms with van der Waals surface area (Å²) in [5, 5.41) is 12.8. The first kappa shape index (κ1) is 30.3. The molecule has 1 unspecified atom stereocenters. The van der Waals surface area contributed by atoms with Crippen molar-refractivity contribution in [2.75, 3.05) is 44.7 Å². The van der Waals surface area contributed by atoms with E-state index in [2.05, 4.69) is 15.2 Å². The van der Waals surface area contributed by atoms with Crippen LogP contribution in [0.15, 0.2) is 54.7 Å². The molecule has 2 fully saturated rings. The van der Waals surface area contributed by atoms with E-state index < -0.39 is 23.0 Å². The number of para-hydroxylation sites is 1. The third-order valence-electron chi connectivity index (χ3n) is 8.40. The molecule has 1 atom stereocenters. The SMILES string of the molecule is CCOc1ccccc1-c1ncc(C2(C(=O)NC3CCN(C)C3)CCN(c3ccc(C(F)(F)F)cc3C#N)CC2)cc1F. The normalized spacial score (nSPS) is 18.7. The van der Waals surface area contributed by atoms with Gasteiger partial charge in [-0.05, 0) is 81.7 Å². The second-order valence-corrected chi connectivity index (χ2v) is 11.1. The molecule has 7 nitrogen and oxygen atoms in total. The van der Waals surface area contributed by atoms with Gasteiger partial charge in [0.1, 0.15) is 23.3 Å². The monoisotopic (exact) mass is 595 g/mol. The van der Waals surface area contributed by atoms with Crippen LogP contribution >= 0.6 is 0 Å². The Labute approximate surface area is 248 Å². The molecule has 2 aromatic carbocycles. The summed E-state index contributed by atoms with van der Waals surface area (Å²) >= 11 is 0. The number of amides is 1. The highest BCUT2D eigenvalue weighted by Crippen LogP contribution is 2.41. The molecule has 5 rings (SSSR count). The lowest BCUT2D eigenvalue weighted by Gasteiger charge is -2.42. The maximum Gasteiger partial charge on any atom is 0.416 e. The Morgan fingerprint density at radius 3 is 2.53 bits per heavy atom. The summed E-state index contributed by atoms with van der Waals surface area (Å²) in [5.74, 6) is -0.321. The van der Waals surface area contributed by atoms with Crippen LogP contribution in [-0.4, -0.2) is 61.7 Å². The Balaban J connectivity index is 1.47. The standard InChI is InChI=1S/C32H33F4N5O2/c1-3-43-28-7-5-4-6-25(28)29-26(33)17-23(19-38-29)31(30(42)39-24-10-13-40(2)20-24)11-14-41(15-12-31)27-9-8-22(32(34,35)36)16-21(27)18-37/h4-9,16-17,19,24H,3,10-15,20H2,1-2H3,(H,39,42). The van der Waals surface area contributed by atoms with Gasteiger partial charge in [-0.25, -0.2) is 4.39 Å². The summed E-state index contributed by atoms with van der Waals surface area (Å²) < 4.78 is 61.2. The summed E-state index contributed by atoms with van der Waals surface area (Å²) in [7, 11) is 1.98. The average molecular weight is 596 g/mol. The molecular weight excluding hydrogens is 562 g/mol. The molecule has 11 heteroatoms. The van der Waals surface area contributed by atoms with Crippen LogP contribution in [0, 0.1) is 17.1 Å². The fraction of sp³-hybridized carbons (Fsp3) is 0.406. The van der Waals surface area contributed by atoms with Crippen molar-refractivity contribution in [3.63, 3.8) is 0 Å². The van der Waals surface area contributed by atoms with Gasteiger partial charge in [0.2, 0.25) is 5.91 Å². The molecule has 0 spiro atoms. The maximum absolute atomic E-state index is 15.8. The fourth-order valence-corrected chi connectivity index (χ4v) is 6.07. The van der Waals surface area contributed by atoms with Gasteiger partial charge >= 0.3 is 6.18 Å². The van der Waals surface area contributed by atoms with Crippen LogP contribution in [0.5, 0.6) is 5.75 Å². The smallest absolute Gasteiger partial charge is 0.416 e. The molecule has 2 aliphatic heterocycles. The van der Waals surface area contributed by atoms with Crippen LogP contribution in [0.25, 0.3) is 11.3 Å². The minimum atomic E-state index is -4.57. The van der Waals surface area contributed by atoms with Gasteiger partial charge in [0.25, 0.3) is 0 Å². The van der Waals surface area contributed by atoms with E-state index in [0.717, 1.165) is 25.1 Å². The number of alkyl halides is 3. The zero-order valence-corrected chi connectivity index (χ0v) is 24.0. The van der Waals surface area contributed by atoms with Gasteiger partial charge < -0.3 is 19.9 Å². The molecule has 2 saturated heterocycles. The molecule has 0 radical (unpaired) electrons. The van der Waals surface area contributed by atoms with Crippen molar-refractivity contribution < 1.29 is 27.1 Å². The Kier molecular flexibility index (Phi) is 8.60. The molecule has 0 aliphatic carbocycles. The number of nitrogens with zero attached hydrogens (tertiary/aromatic N) is 4. The van der Waals surface area contributed by atoms with E-state index in [1.54, 1.807) is 24.3 Å². The van der Waals surface area contributed by atoms with Crippen molar-refractivity contribution in [2.24, 2.45) is 0 Å². The summed E-state index contributed by atoms with van der Waals surface area (Å²) in [6.07, 6.45) is -1.73. The number of nitrogens with one attached hydrogen (secondary N) is 1. The van der Waals surface area contributed by atoms with Gasteiger partial charge in [-0.2, -0.15) is 18.4 Å². The quantitative estimate of drug-likeness (QED) is 0.362. The van der Waals surface area contributed by atoms with Crippen molar-refractivity contribution in [2.45, 2.75) is 43.8 Å². The summed E-state index contributed by atoms with van der Waals surface area (Å²) in [6.45, 7) is 4.33. The number of benzene rings is 2. The largest absolute Gasteiger partial charge is 0.493 e. The Hall–Kier alpha value is -4.17. The molecule has 0 saturated carbocycles. The predicted octanol–water partition coefficient (Wildman–Crippen LogP) is 5.54. The molecule has 0 bridgehead atoms. The minimum absolute atomic E-state index is 0.0531. The lowest BCUT2D eigenvalue weighted by molar-refractivity contribution is -0.137. The molecule has 1 aromatic heterocycles. The van der Waals surface area contributed by atoms with E-state index in [-0.39, 0.29) is 49.1 Å². The van der Waals surface area contributed by atoms with Crippen molar-refractivity contribution in [1.82, 2.24) is 15.2 Å². The van der Waals surface area contributed by atoms with Crippen LogP contribution in [0.4, 0.5) is 23.2 Å². The molecule has 1 amide bonds. The van der Waals surface area contributed by atoms with Gasteiger partial charge in [0, 0.05) is 37.4 Å². The summed E-state index contributed by atoms with van der Waals surface area (Å²) in [4.78, 5) is 22.4. The number of aromatic nitrogens is 1. The van der Waals surface area contributed by atoms with Crippen LogP contribution in [-0.2, 0) is 16.4 Å². The highest BCUT2D eigenvalue weighted by atomic mass is 19.4. The zero-order valence-electron chi connectivity index (χ0n) is 24.0. The number of nitriles is 1. The first-order chi connectivity index (χ1) is 20.6. The van der Waals surface area contributed by atoms with Gasteiger partial charge in [0.15, 0.2) is 0 Å². The lowest BCUT2D eigenvalue weighted by atomic mass is 9.72. The number of piperidine rings is 1. The predicted molar refractivity (Wildman–Crippen MR) is 154 cm³/mol. The first-order valence-corrected chi connectivity index (χ1v) is 14.3. The van der Waals surface area contributed by atoms with E-state index in [9.17, 15) is 23.2 Å². The van der Waals surface area contributed by atoms with Crippen LogP contribution in [0.3, 0.4) is 0 Å². The van der Waals surface area contributed by atoms with Crippen molar-refractivity contribution in [3.05, 3.63) is 77.2 Å². The van der Waals surface area contributed by atoms with Gasteiger partial charge in [-0.3, -0.25) is 9.78 Å². The number of hydrogen-bond donors (Lipinski definition) is 1. The highest BCUT2D eigenvalue weighted by molar-refractivity contribution is 5.89. The molecular formula is C32H33F4N5O2. The number of likely N-dealkylation sites (tertiary alicyclic amines) is 1. The topological polar surface area (TPSA) is 81.5 Å². The molecule has 3 heterocycles. The van der Waals surface area contributed by atoms with Crippen molar-refractivity contribution in [1.29, 1.82) is 5.26 Å². The maximum atomic E-state index is 15.8. The molecule has 2 aliphatic rings. The van der Waals surface area contributed by atoms with E-state index in [1.165, 1.54) is 18.3 Å². The van der Waals surface area contributed by atoms with E-state index >= 15 is 4.39 Å². The van der Waals surface area contributed by atoms with Gasteiger partial charge in [0.05, 0.1) is 28.8 Å². The Morgan fingerprint density at radius 2 is 1.91 bits per heavy atom. The molecule has 226 valence electrons. The van der Waals surface area contributed by atoms with Crippen LogP contribution in [0.1, 0.15) is 42.9 Å². The number of carbonyl (C=O) groups excluding carboxylic acids is 1. The third kappa shape index (κ3) is 6.15. The summed E-state index contributed by atoms with van der Waals surface area (Å²) in [6, 6.07) is 13.3. The lowest BCUT2D eigenvalue weighted by Crippen LogP contribution is -2.54. The van der Waals surface area contributed by atoms with Crippen molar-refractivity contribution in [3.8, 4) is 23.1 Å². The zero-order chi connectivity index (χ0) is 30.8. The summed E-state index contributed by atoms with van der Waals surface area (Å²) in [5.41, 5.74) is -0.697. The van der Waals surface area contributed by atoms with Crippen LogP contribution in [0.2, 0.25) is 0 Å². The van der Waals surface area contributed by atoms with Gasteiger partial charge in [-0.15, -0.1) is 0 Å². The number of ether oxygens (including phenoxy) is 1. The van der Waals surface area contributed by atoms with Crippen LogP contribution < -0.4 is 15.0 Å². The molecule has 3 aromatic rings. The van der Waals surface area contributed by atoms with E-state index in [1.807, 2.05) is 24.9 Å². The Morgan fingerprint density at radius 1 is 1.16 bits per heavy atom. The number of likely N-dealkylation sites (N-methyl/N-ethyl adjacent to an activating group) is 1. The highest BCUT2D eigenvalue weighted by Gasteiger charge is 2.45. The second-order valence-electron chi connectivity index (χ2n) is 11.1. The Bertz CT molecular complexity index is 1530.